The van der Waals surface area contributed by atoms with Gasteiger partial charge in [0.05, 0.1) is 12.1 Å². The van der Waals surface area contributed by atoms with E-state index in [9.17, 15) is 5.11 Å². The Balaban J connectivity index is 0.00000288. The van der Waals surface area contributed by atoms with Gasteiger partial charge < -0.3 is 20.1 Å². The third-order valence-electron chi connectivity index (χ3n) is 5.52. The van der Waals surface area contributed by atoms with E-state index >= 15 is 0 Å². The Labute approximate surface area is 164 Å². The SMILES string of the molecule is CCNC(=NCC1(O)CCOCC1)N1CCC(C(CC)CC)C1.I. The van der Waals surface area contributed by atoms with E-state index in [0.717, 1.165) is 37.4 Å². The van der Waals surface area contributed by atoms with Crippen LogP contribution in [0.3, 0.4) is 0 Å². The van der Waals surface area contributed by atoms with Gasteiger partial charge in [-0.1, -0.05) is 26.7 Å². The molecule has 2 fully saturated rings. The summed E-state index contributed by atoms with van der Waals surface area (Å²) in [6, 6.07) is 0. The van der Waals surface area contributed by atoms with Gasteiger partial charge in [0.25, 0.3) is 0 Å². The number of aliphatic hydroxyl groups is 1. The Hall–Kier alpha value is -0.0800. The summed E-state index contributed by atoms with van der Waals surface area (Å²) in [5.41, 5.74) is -0.687. The fraction of sp³-hybridized carbons (Fsp3) is 0.944. The van der Waals surface area contributed by atoms with Gasteiger partial charge in [-0.15, -0.1) is 24.0 Å². The lowest BCUT2D eigenvalue weighted by molar-refractivity contribution is -0.0566. The molecule has 2 heterocycles. The maximum absolute atomic E-state index is 10.6. The predicted molar refractivity (Wildman–Crippen MR) is 110 cm³/mol. The van der Waals surface area contributed by atoms with E-state index in [0.29, 0.717) is 32.6 Å². The van der Waals surface area contributed by atoms with E-state index in [2.05, 4.69) is 31.0 Å². The molecule has 0 aliphatic carbocycles. The van der Waals surface area contributed by atoms with Gasteiger partial charge in [0.15, 0.2) is 5.96 Å². The minimum atomic E-state index is -0.687. The molecule has 5 nitrogen and oxygen atoms in total. The second-order valence-electron chi connectivity index (χ2n) is 7.08. The Morgan fingerprint density at radius 2 is 1.96 bits per heavy atom. The minimum absolute atomic E-state index is 0. The van der Waals surface area contributed by atoms with Crippen LogP contribution >= 0.6 is 24.0 Å². The summed E-state index contributed by atoms with van der Waals surface area (Å²) in [6.07, 6.45) is 5.16. The number of nitrogens with one attached hydrogen (secondary N) is 1. The summed E-state index contributed by atoms with van der Waals surface area (Å²) in [5.74, 6) is 2.57. The Morgan fingerprint density at radius 3 is 2.54 bits per heavy atom. The fourth-order valence-electron chi connectivity index (χ4n) is 3.88. The normalized spacial score (nSPS) is 24.1. The highest BCUT2D eigenvalue weighted by molar-refractivity contribution is 14.0. The monoisotopic (exact) mass is 453 g/mol. The number of hydrogen-bond acceptors (Lipinski definition) is 3. The van der Waals surface area contributed by atoms with Gasteiger partial charge in [-0.05, 0) is 25.2 Å². The fourth-order valence-corrected chi connectivity index (χ4v) is 3.88. The van der Waals surface area contributed by atoms with Crippen molar-refractivity contribution >= 4 is 29.9 Å². The van der Waals surface area contributed by atoms with Crippen LogP contribution in [0.4, 0.5) is 0 Å². The molecule has 2 N–H and O–H groups in total. The van der Waals surface area contributed by atoms with Gasteiger partial charge in [-0.2, -0.15) is 0 Å². The first-order valence-electron chi connectivity index (χ1n) is 9.45. The lowest BCUT2D eigenvalue weighted by Gasteiger charge is -2.31. The zero-order valence-electron chi connectivity index (χ0n) is 15.6. The van der Waals surface area contributed by atoms with Crippen molar-refractivity contribution in [1.29, 1.82) is 0 Å². The number of halogens is 1. The van der Waals surface area contributed by atoms with Crippen molar-refractivity contribution in [2.24, 2.45) is 16.8 Å². The molecule has 142 valence electrons. The molecule has 2 saturated heterocycles. The highest BCUT2D eigenvalue weighted by atomic mass is 127. The highest BCUT2D eigenvalue weighted by Gasteiger charge is 2.32. The number of guanidine groups is 1. The number of ether oxygens (including phenoxy) is 1. The number of aliphatic imine (C=N–C) groups is 1. The number of nitrogens with zero attached hydrogens (tertiary/aromatic N) is 2. The van der Waals surface area contributed by atoms with Crippen LogP contribution in [-0.4, -0.2) is 61.0 Å². The van der Waals surface area contributed by atoms with Crippen molar-refractivity contribution in [3.05, 3.63) is 0 Å². The molecular formula is C18H36IN3O2. The van der Waals surface area contributed by atoms with Gasteiger partial charge in [0, 0.05) is 45.7 Å². The number of rotatable bonds is 6. The average Bonchev–Trinajstić information content (AvgIpc) is 3.03. The van der Waals surface area contributed by atoms with Gasteiger partial charge >= 0.3 is 0 Å². The van der Waals surface area contributed by atoms with E-state index in [4.69, 9.17) is 9.73 Å². The Kier molecular flexibility index (Phi) is 9.89. The number of likely N-dealkylation sites (tertiary alicyclic amines) is 1. The summed E-state index contributed by atoms with van der Waals surface area (Å²) >= 11 is 0. The summed E-state index contributed by atoms with van der Waals surface area (Å²) in [5, 5.41) is 14.0. The molecule has 0 spiro atoms. The van der Waals surface area contributed by atoms with Crippen LogP contribution in [0, 0.1) is 11.8 Å². The van der Waals surface area contributed by atoms with Crippen LogP contribution in [0.25, 0.3) is 0 Å². The molecular weight excluding hydrogens is 417 g/mol. The molecule has 0 aromatic rings. The van der Waals surface area contributed by atoms with Crippen molar-refractivity contribution in [1.82, 2.24) is 10.2 Å². The first-order valence-corrected chi connectivity index (χ1v) is 9.45. The molecule has 0 aromatic heterocycles. The van der Waals surface area contributed by atoms with E-state index < -0.39 is 5.60 Å². The predicted octanol–water partition coefficient (Wildman–Crippen LogP) is 2.87. The van der Waals surface area contributed by atoms with Crippen LogP contribution in [0.2, 0.25) is 0 Å². The Bertz CT molecular complexity index is 382. The molecule has 2 aliphatic rings. The molecule has 2 rings (SSSR count). The molecule has 1 unspecified atom stereocenters. The second kappa shape index (κ2) is 10.8. The average molecular weight is 453 g/mol. The van der Waals surface area contributed by atoms with Crippen LogP contribution < -0.4 is 5.32 Å². The number of hydrogen-bond donors (Lipinski definition) is 2. The topological polar surface area (TPSA) is 57.1 Å². The minimum Gasteiger partial charge on any atom is -0.388 e. The molecule has 2 aliphatic heterocycles. The van der Waals surface area contributed by atoms with Crippen molar-refractivity contribution in [2.75, 3.05) is 39.4 Å². The first kappa shape index (κ1) is 22.0. The summed E-state index contributed by atoms with van der Waals surface area (Å²) < 4.78 is 5.35. The summed E-state index contributed by atoms with van der Waals surface area (Å²) in [4.78, 5) is 7.15. The molecule has 0 aromatic carbocycles. The largest absolute Gasteiger partial charge is 0.388 e. The van der Waals surface area contributed by atoms with E-state index in [1.54, 1.807) is 0 Å². The molecule has 0 bridgehead atoms. The van der Waals surface area contributed by atoms with Crippen LogP contribution in [0.5, 0.6) is 0 Å². The third kappa shape index (κ3) is 6.02. The van der Waals surface area contributed by atoms with Crippen LogP contribution in [0.1, 0.15) is 52.9 Å². The van der Waals surface area contributed by atoms with Crippen molar-refractivity contribution < 1.29 is 9.84 Å². The first-order chi connectivity index (χ1) is 11.1. The van der Waals surface area contributed by atoms with E-state index in [1.807, 2.05) is 0 Å². The lowest BCUT2D eigenvalue weighted by atomic mass is 9.87. The zero-order chi connectivity index (χ0) is 16.7. The van der Waals surface area contributed by atoms with Gasteiger partial charge in [-0.3, -0.25) is 4.99 Å². The maximum Gasteiger partial charge on any atom is 0.194 e. The highest BCUT2D eigenvalue weighted by Crippen LogP contribution is 2.29. The third-order valence-corrected chi connectivity index (χ3v) is 5.52. The quantitative estimate of drug-likeness (QED) is 0.369. The van der Waals surface area contributed by atoms with Gasteiger partial charge in [-0.25, -0.2) is 0 Å². The van der Waals surface area contributed by atoms with Crippen LogP contribution in [-0.2, 0) is 4.74 Å². The Morgan fingerprint density at radius 1 is 1.29 bits per heavy atom. The maximum atomic E-state index is 10.6. The van der Waals surface area contributed by atoms with Crippen molar-refractivity contribution in [2.45, 2.75) is 58.5 Å². The zero-order valence-corrected chi connectivity index (χ0v) is 17.9. The molecule has 0 saturated carbocycles. The van der Waals surface area contributed by atoms with Crippen molar-refractivity contribution in [3.63, 3.8) is 0 Å². The molecule has 0 radical (unpaired) electrons. The molecule has 24 heavy (non-hydrogen) atoms. The van der Waals surface area contributed by atoms with E-state index in [1.165, 1.54) is 19.3 Å². The van der Waals surface area contributed by atoms with Gasteiger partial charge in [0.2, 0.25) is 0 Å². The van der Waals surface area contributed by atoms with Crippen LogP contribution in [0.15, 0.2) is 4.99 Å². The smallest absolute Gasteiger partial charge is 0.194 e. The lowest BCUT2D eigenvalue weighted by Crippen LogP contribution is -2.43. The van der Waals surface area contributed by atoms with E-state index in [-0.39, 0.29) is 24.0 Å². The second-order valence-corrected chi connectivity index (χ2v) is 7.08. The molecule has 0 amide bonds. The molecule has 1 atom stereocenters. The summed E-state index contributed by atoms with van der Waals surface area (Å²) in [7, 11) is 0. The molecule has 6 heteroatoms. The summed E-state index contributed by atoms with van der Waals surface area (Å²) in [6.45, 7) is 11.5. The van der Waals surface area contributed by atoms with Crippen molar-refractivity contribution in [3.8, 4) is 0 Å². The van der Waals surface area contributed by atoms with Gasteiger partial charge in [0.1, 0.15) is 0 Å². The standard InChI is InChI=1S/C18H35N3O2.HI/c1-4-15(5-2)16-7-10-21(13-16)17(19-6-3)20-14-18(22)8-11-23-12-9-18;/h15-16,22H,4-14H2,1-3H3,(H,19,20);1H.